The highest BCUT2D eigenvalue weighted by Gasteiger charge is 2.46. The van der Waals surface area contributed by atoms with Crippen LogP contribution >= 0.6 is 0 Å². The Labute approximate surface area is 143 Å². The van der Waals surface area contributed by atoms with Gasteiger partial charge in [0.15, 0.2) is 0 Å². The minimum Gasteiger partial charge on any atom is -0.466 e. The van der Waals surface area contributed by atoms with Gasteiger partial charge in [0.25, 0.3) is 0 Å². The van der Waals surface area contributed by atoms with Crippen molar-refractivity contribution in [3.8, 4) is 0 Å². The van der Waals surface area contributed by atoms with E-state index in [0.29, 0.717) is 32.3 Å². The average molecular weight is 330 g/mol. The molecule has 130 valence electrons. The minimum atomic E-state index is -0.830. The molecular weight excluding hydrogens is 304 g/mol. The first kappa shape index (κ1) is 18.4. The van der Waals surface area contributed by atoms with Crippen LogP contribution in [0.5, 0.6) is 0 Å². The summed E-state index contributed by atoms with van der Waals surface area (Å²) in [4.78, 5) is 36.6. The van der Waals surface area contributed by atoms with Crippen molar-refractivity contribution in [1.29, 1.82) is 0 Å². The molecular formula is C20H26O4. The zero-order chi connectivity index (χ0) is 17.7. The second-order valence-corrected chi connectivity index (χ2v) is 6.53. The predicted octanol–water partition coefficient (Wildman–Crippen LogP) is 3.61. The number of benzene rings is 1. The smallest absolute Gasteiger partial charge is 0.313 e. The van der Waals surface area contributed by atoms with E-state index in [1.54, 1.807) is 6.92 Å². The second-order valence-electron chi connectivity index (χ2n) is 6.53. The van der Waals surface area contributed by atoms with E-state index in [1.165, 1.54) is 0 Å². The lowest BCUT2D eigenvalue weighted by Crippen LogP contribution is -2.37. The van der Waals surface area contributed by atoms with Gasteiger partial charge in [0.2, 0.25) is 0 Å². The first-order valence-corrected chi connectivity index (χ1v) is 8.76. The summed E-state index contributed by atoms with van der Waals surface area (Å²) >= 11 is 0. The zero-order valence-corrected chi connectivity index (χ0v) is 14.8. The third-order valence-corrected chi connectivity index (χ3v) is 5.02. The van der Waals surface area contributed by atoms with Crippen LogP contribution in [0.1, 0.15) is 63.5 Å². The fourth-order valence-corrected chi connectivity index (χ4v) is 3.52. The summed E-state index contributed by atoms with van der Waals surface area (Å²) in [5.74, 6) is -0.431. The van der Waals surface area contributed by atoms with Gasteiger partial charge in [-0.1, -0.05) is 31.2 Å². The Morgan fingerprint density at radius 1 is 1.21 bits per heavy atom. The molecule has 0 N–H and O–H groups in total. The molecule has 0 amide bonds. The number of Topliss-reactive ketones (excluding diaryl/α,β-unsaturated/α-hetero) is 2. The zero-order valence-electron chi connectivity index (χ0n) is 14.8. The van der Waals surface area contributed by atoms with Gasteiger partial charge in [-0.05, 0) is 44.2 Å². The van der Waals surface area contributed by atoms with Gasteiger partial charge in [-0.2, -0.15) is 0 Å². The average Bonchev–Trinajstić information content (AvgIpc) is 2.96. The van der Waals surface area contributed by atoms with E-state index in [0.717, 1.165) is 17.5 Å². The summed E-state index contributed by atoms with van der Waals surface area (Å²) in [6.45, 7) is 5.79. The van der Waals surface area contributed by atoms with Crippen molar-refractivity contribution in [2.45, 2.75) is 58.8 Å². The fourth-order valence-electron chi connectivity index (χ4n) is 3.52. The van der Waals surface area contributed by atoms with Gasteiger partial charge in [0.05, 0.1) is 17.9 Å². The van der Waals surface area contributed by atoms with Gasteiger partial charge in [0, 0.05) is 12.8 Å². The highest BCUT2D eigenvalue weighted by atomic mass is 16.5. The van der Waals surface area contributed by atoms with Crippen LogP contribution in [-0.4, -0.2) is 24.1 Å². The van der Waals surface area contributed by atoms with Crippen molar-refractivity contribution in [2.75, 3.05) is 6.61 Å². The van der Waals surface area contributed by atoms with Gasteiger partial charge in [-0.3, -0.25) is 14.4 Å². The van der Waals surface area contributed by atoms with Crippen LogP contribution in [0.25, 0.3) is 0 Å². The molecule has 1 fully saturated rings. The normalized spacial score (nSPS) is 21.5. The van der Waals surface area contributed by atoms with E-state index in [1.807, 2.05) is 38.1 Å². The fraction of sp³-hybridized carbons (Fsp3) is 0.550. The van der Waals surface area contributed by atoms with E-state index >= 15 is 0 Å². The maximum Gasteiger partial charge on any atom is 0.313 e. The molecule has 1 aromatic carbocycles. The van der Waals surface area contributed by atoms with Crippen LogP contribution in [-0.2, 0) is 25.5 Å². The van der Waals surface area contributed by atoms with Gasteiger partial charge < -0.3 is 4.74 Å². The Morgan fingerprint density at radius 2 is 1.88 bits per heavy atom. The van der Waals surface area contributed by atoms with Crippen molar-refractivity contribution in [1.82, 2.24) is 0 Å². The SMILES string of the molecule is CCOC(=O)C(C)c1ccc(CC2(C(=O)CC)CCCC2=O)cc1. The maximum absolute atomic E-state index is 12.4. The summed E-state index contributed by atoms with van der Waals surface area (Å²) in [6, 6.07) is 7.61. The Hall–Kier alpha value is -1.97. The molecule has 4 nitrogen and oxygen atoms in total. The van der Waals surface area contributed by atoms with Crippen LogP contribution in [0.15, 0.2) is 24.3 Å². The number of carbonyl (C=O) groups is 3. The molecule has 24 heavy (non-hydrogen) atoms. The second kappa shape index (κ2) is 7.73. The summed E-state index contributed by atoms with van der Waals surface area (Å²) < 4.78 is 5.04. The van der Waals surface area contributed by atoms with Crippen molar-refractivity contribution in [3.63, 3.8) is 0 Å². The summed E-state index contributed by atoms with van der Waals surface area (Å²) in [5.41, 5.74) is 1.01. The highest BCUT2D eigenvalue weighted by Crippen LogP contribution is 2.40. The lowest BCUT2D eigenvalue weighted by Gasteiger charge is -2.25. The van der Waals surface area contributed by atoms with Crippen LogP contribution in [0.2, 0.25) is 0 Å². The number of hydrogen-bond donors (Lipinski definition) is 0. The molecule has 0 heterocycles. The number of ether oxygens (including phenoxy) is 1. The number of carbonyl (C=O) groups excluding carboxylic acids is 3. The molecule has 1 saturated carbocycles. The molecule has 0 radical (unpaired) electrons. The van der Waals surface area contributed by atoms with Crippen LogP contribution in [0, 0.1) is 5.41 Å². The summed E-state index contributed by atoms with van der Waals surface area (Å²) in [6.07, 6.45) is 2.81. The predicted molar refractivity (Wildman–Crippen MR) is 91.8 cm³/mol. The van der Waals surface area contributed by atoms with Crippen molar-refractivity contribution in [3.05, 3.63) is 35.4 Å². The van der Waals surface area contributed by atoms with Gasteiger partial charge in [0.1, 0.15) is 11.6 Å². The number of ketones is 2. The van der Waals surface area contributed by atoms with Gasteiger partial charge in [-0.25, -0.2) is 0 Å². The summed E-state index contributed by atoms with van der Waals surface area (Å²) in [5, 5.41) is 0. The largest absolute Gasteiger partial charge is 0.466 e. The van der Waals surface area contributed by atoms with E-state index in [-0.39, 0.29) is 23.5 Å². The Balaban J connectivity index is 2.17. The molecule has 0 saturated heterocycles. The highest BCUT2D eigenvalue weighted by molar-refractivity contribution is 6.08. The Morgan fingerprint density at radius 3 is 2.38 bits per heavy atom. The lowest BCUT2D eigenvalue weighted by atomic mass is 9.74. The van der Waals surface area contributed by atoms with E-state index < -0.39 is 5.41 Å². The maximum atomic E-state index is 12.4. The number of rotatable bonds is 7. The molecule has 2 unspecified atom stereocenters. The molecule has 1 aromatic rings. The molecule has 2 rings (SSSR count). The molecule has 2 atom stereocenters. The lowest BCUT2D eigenvalue weighted by molar-refractivity contribution is -0.144. The Kier molecular flexibility index (Phi) is 5.92. The van der Waals surface area contributed by atoms with Crippen LogP contribution in [0.4, 0.5) is 0 Å². The van der Waals surface area contributed by atoms with Crippen LogP contribution in [0.3, 0.4) is 0 Å². The Bertz CT molecular complexity index is 617. The van der Waals surface area contributed by atoms with E-state index in [4.69, 9.17) is 4.74 Å². The third kappa shape index (κ3) is 3.58. The van der Waals surface area contributed by atoms with Crippen LogP contribution < -0.4 is 0 Å². The standard InChI is InChI=1S/C20H26O4/c1-4-17(21)20(12-6-7-18(20)22)13-15-8-10-16(11-9-15)14(3)19(23)24-5-2/h8-11,14H,4-7,12-13H2,1-3H3. The van der Waals surface area contributed by atoms with Crippen molar-refractivity contribution >= 4 is 17.5 Å². The molecule has 1 aliphatic rings. The number of hydrogen-bond acceptors (Lipinski definition) is 4. The van der Waals surface area contributed by atoms with Gasteiger partial charge >= 0.3 is 5.97 Å². The van der Waals surface area contributed by atoms with E-state index in [2.05, 4.69) is 0 Å². The summed E-state index contributed by atoms with van der Waals surface area (Å²) in [7, 11) is 0. The molecule has 0 bridgehead atoms. The molecule has 0 aliphatic heterocycles. The molecule has 0 spiro atoms. The van der Waals surface area contributed by atoms with Crippen molar-refractivity contribution in [2.24, 2.45) is 5.41 Å². The minimum absolute atomic E-state index is 0.0500. The first-order chi connectivity index (χ1) is 11.4. The van der Waals surface area contributed by atoms with Crippen molar-refractivity contribution < 1.29 is 19.1 Å². The topological polar surface area (TPSA) is 60.4 Å². The molecule has 1 aliphatic carbocycles. The number of esters is 1. The monoisotopic (exact) mass is 330 g/mol. The third-order valence-electron chi connectivity index (χ3n) is 5.02. The van der Waals surface area contributed by atoms with E-state index in [9.17, 15) is 14.4 Å². The molecule has 4 heteroatoms. The quantitative estimate of drug-likeness (QED) is 0.566. The first-order valence-electron chi connectivity index (χ1n) is 8.76. The van der Waals surface area contributed by atoms with Gasteiger partial charge in [-0.15, -0.1) is 0 Å². The molecule has 0 aromatic heterocycles.